The normalized spacial score (nSPS) is 12.0. The molecular weight excluding hydrogens is 589 g/mol. The summed E-state index contributed by atoms with van der Waals surface area (Å²) in [6.07, 6.45) is 0.153. The molecule has 0 radical (unpaired) electrons. The number of hydrogen-bond acceptors (Lipinski definition) is 4. The Kier molecular flexibility index (Phi) is 11.1. The Morgan fingerprint density at radius 3 is 2.13 bits per heavy atom. The number of carbonyl (C=O) groups excluding carboxylic acids is 2. The lowest BCUT2D eigenvalue weighted by molar-refractivity contribution is -0.140. The molecule has 1 atom stereocenters. The fraction of sp³-hybridized carbons (Fsp3) is 0.278. The molecule has 2 amide bonds. The molecule has 1 unspecified atom stereocenters. The largest absolute Gasteiger partial charge is 0.354 e. The zero-order valence-corrected chi connectivity index (χ0v) is 26.9. The Morgan fingerprint density at radius 1 is 0.822 bits per heavy atom. The van der Waals surface area contributed by atoms with Crippen LogP contribution in [-0.2, 0) is 32.6 Å². The van der Waals surface area contributed by atoms with Gasteiger partial charge < -0.3 is 10.2 Å². The molecule has 236 valence electrons. The molecule has 4 rings (SSSR count). The van der Waals surface area contributed by atoms with Crippen molar-refractivity contribution in [3.05, 3.63) is 131 Å². The Labute approximate surface area is 265 Å². The van der Waals surface area contributed by atoms with E-state index in [1.807, 2.05) is 64.1 Å². The van der Waals surface area contributed by atoms with Crippen LogP contribution in [0.25, 0.3) is 0 Å². The van der Waals surface area contributed by atoms with Crippen molar-refractivity contribution < 1.29 is 22.4 Å². The first-order valence-corrected chi connectivity index (χ1v) is 16.4. The molecular formula is C36H40FN3O4S. The van der Waals surface area contributed by atoms with E-state index in [1.54, 1.807) is 48.5 Å². The van der Waals surface area contributed by atoms with E-state index < -0.39 is 40.2 Å². The van der Waals surface area contributed by atoms with Gasteiger partial charge in [-0.1, -0.05) is 92.2 Å². The third-order valence-corrected chi connectivity index (χ3v) is 9.22. The van der Waals surface area contributed by atoms with Crippen LogP contribution in [0.15, 0.2) is 108 Å². The summed E-state index contributed by atoms with van der Waals surface area (Å²) in [4.78, 5) is 29.6. The van der Waals surface area contributed by atoms with Crippen LogP contribution in [0.1, 0.15) is 36.1 Å². The van der Waals surface area contributed by atoms with Gasteiger partial charge in [0.05, 0.1) is 10.6 Å². The number of nitrogens with zero attached hydrogens (tertiary/aromatic N) is 2. The van der Waals surface area contributed by atoms with Gasteiger partial charge in [-0.25, -0.2) is 12.8 Å². The number of carbonyl (C=O) groups is 2. The zero-order chi connectivity index (χ0) is 32.6. The predicted molar refractivity (Wildman–Crippen MR) is 176 cm³/mol. The van der Waals surface area contributed by atoms with Crippen molar-refractivity contribution in [1.82, 2.24) is 10.2 Å². The molecule has 0 aliphatic rings. The quantitative estimate of drug-likeness (QED) is 0.195. The maximum absolute atomic E-state index is 15.0. The SMILES string of the molecule is Cc1ccc(S(=O)(=O)N(CC(=O)N(Cc2ccccc2F)C(Cc2ccccc2)C(=O)NCC(C)C)c2cccc(C)c2)cc1. The van der Waals surface area contributed by atoms with Gasteiger partial charge in [-0.3, -0.25) is 13.9 Å². The van der Waals surface area contributed by atoms with Crippen LogP contribution in [0, 0.1) is 25.6 Å². The molecule has 7 nitrogen and oxygen atoms in total. The van der Waals surface area contributed by atoms with Gasteiger partial charge >= 0.3 is 0 Å². The van der Waals surface area contributed by atoms with Crippen molar-refractivity contribution in [3.63, 3.8) is 0 Å². The standard InChI is InChI=1S/C36H40FN3O4S/c1-26(2)23-38-36(42)34(22-29-12-6-5-7-13-29)39(24-30-14-8-9-16-33(30)37)35(41)25-40(31-15-10-11-28(4)21-31)45(43,44)32-19-17-27(3)18-20-32/h5-21,26,34H,22-25H2,1-4H3,(H,38,42). The van der Waals surface area contributed by atoms with E-state index in [4.69, 9.17) is 0 Å². The summed E-state index contributed by atoms with van der Waals surface area (Å²) in [6, 6.07) is 27.6. The van der Waals surface area contributed by atoms with Gasteiger partial charge in [-0.05, 0) is 61.2 Å². The minimum atomic E-state index is -4.21. The van der Waals surface area contributed by atoms with Crippen LogP contribution in [0.3, 0.4) is 0 Å². The number of halogens is 1. The second-order valence-corrected chi connectivity index (χ2v) is 13.5. The number of benzene rings is 4. The Hall–Kier alpha value is -4.50. The topological polar surface area (TPSA) is 86.8 Å². The lowest BCUT2D eigenvalue weighted by atomic mass is 10.0. The predicted octanol–water partition coefficient (Wildman–Crippen LogP) is 6.05. The fourth-order valence-electron chi connectivity index (χ4n) is 4.94. The van der Waals surface area contributed by atoms with Crippen molar-refractivity contribution in [1.29, 1.82) is 0 Å². The lowest BCUT2D eigenvalue weighted by Gasteiger charge is -2.34. The van der Waals surface area contributed by atoms with E-state index in [9.17, 15) is 18.0 Å². The van der Waals surface area contributed by atoms with Gasteiger partial charge in [0.15, 0.2) is 0 Å². The van der Waals surface area contributed by atoms with E-state index in [0.29, 0.717) is 12.2 Å². The van der Waals surface area contributed by atoms with Crippen LogP contribution in [-0.4, -0.2) is 44.3 Å². The van der Waals surface area contributed by atoms with Crippen LogP contribution in [0.2, 0.25) is 0 Å². The highest BCUT2D eigenvalue weighted by atomic mass is 32.2. The fourth-order valence-corrected chi connectivity index (χ4v) is 6.34. The van der Waals surface area contributed by atoms with Gasteiger partial charge in [0, 0.05) is 25.1 Å². The molecule has 1 N–H and O–H groups in total. The number of sulfonamides is 1. The molecule has 0 aliphatic carbocycles. The Balaban J connectivity index is 1.81. The summed E-state index contributed by atoms with van der Waals surface area (Å²) in [5.74, 6) is -1.42. The van der Waals surface area contributed by atoms with Gasteiger partial charge in [0.2, 0.25) is 11.8 Å². The third kappa shape index (κ3) is 8.79. The van der Waals surface area contributed by atoms with E-state index in [0.717, 1.165) is 21.0 Å². The van der Waals surface area contributed by atoms with Crippen LogP contribution in [0.4, 0.5) is 10.1 Å². The van der Waals surface area contributed by atoms with Crippen molar-refractivity contribution in [2.45, 2.75) is 51.6 Å². The van der Waals surface area contributed by atoms with E-state index in [1.165, 1.54) is 23.1 Å². The molecule has 9 heteroatoms. The maximum atomic E-state index is 15.0. The minimum Gasteiger partial charge on any atom is -0.354 e. The van der Waals surface area contributed by atoms with Crippen molar-refractivity contribution in [3.8, 4) is 0 Å². The highest BCUT2D eigenvalue weighted by Gasteiger charge is 2.35. The molecule has 4 aromatic rings. The molecule has 0 aromatic heterocycles. The summed E-state index contributed by atoms with van der Waals surface area (Å²) in [5, 5.41) is 2.93. The maximum Gasteiger partial charge on any atom is 0.264 e. The number of rotatable bonds is 13. The highest BCUT2D eigenvalue weighted by molar-refractivity contribution is 7.92. The Bertz CT molecular complexity index is 1710. The smallest absolute Gasteiger partial charge is 0.264 e. The van der Waals surface area contributed by atoms with Gasteiger partial charge in [-0.2, -0.15) is 0 Å². The zero-order valence-electron chi connectivity index (χ0n) is 26.1. The molecule has 0 aliphatic heterocycles. The van der Waals surface area contributed by atoms with Crippen molar-refractivity contribution >= 4 is 27.5 Å². The first-order chi connectivity index (χ1) is 21.5. The average molecular weight is 630 g/mol. The highest BCUT2D eigenvalue weighted by Crippen LogP contribution is 2.26. The molecule has 4 aromatic carbocycles. The van der Waals surface area contributed by atoms with E-state index in [2.05, 4.69) is 5.32 Å². The summed E-state index contributed by atoms with van der Waals surface area (Å²) >= 11 is 0. The average Bonchev–Trinajstić information content (AvgIpc) is 3.01. The number of aryl methyl sites for hydroxylation is 2. The summed E-state index contributed by atoms with van der Waals surface area (Å²) < 4.78 is 44.3. The van der Waals surface area contributed by atoms with E-state index >= 15 is 4.39 Å². The number of anilines is 1. The molecule has 0 heterocycles. The summed E-state index contributed by atoms with van der Waals surface area (Å²) in [7, 11) is -4.21. The monoisotopic (exact) mass is 629 g/mol. The lowest BCUT2D eigenvalue weighted by Crippen LogP contribution is -2.53. The van der Waals surface area contributed by atoms with Crippen molar-refractivity contribution in [2.75, 3.05) is 17.4 Å². The van der Waals surface area contributed by atoms with Crippen LogP contribution < -0.4 is 9.62 Å². The number of nitrogens with one attached hydrogen (secondary N) is 1. The molecule has 0 spiro atoms. The number of amides is 2. The molecule has 45 heavy (non-hydrogen) atoms. The molecule has 0 saturated carbocycles. The molecule has 0 saturated heterocycles. The molecule has 0 bridgehead atoms. The van der Waals surface area contributed by atoms with Crippen LogP contribution in [0.5, 0.6) is 0 Å². The first kappa shape index (κ1) is 33.4. The van der Waals surface area contributed by atoms with Crippen molar-refractivity contribution in [2.24, 2.45) is 5.92 Å². The second kappa shape index (κ2) is 15.0. The molecule has 0 fully saturated rings. The third-order valence-electron chi connectivity index (χ3n) is 7.43. The van der Waals surface area contributed by atoms with Gasteiger partial charge in [0.25, 0.3) is 10.0 Å². The first-order valence-electron chi connectivity index (χ1n) is 15.0. The summed E-state index contributed by atoms with van der Waals surface area (Å²) in [6.45, 7) is 7.16. The van der Waals surface area contributed by atoms with Crippen LogP contribution >= 0.6 is 0 Å². The second-order valence-electron chi connectivity index (χ2n) is 11.6. The Morgan fingerprint density at radius 2 is 1.49 bits per heavy atom. The summed E-state index contributed by atoms with van der Waals surface area (Å²) in [5.41, 5.74) is 3.01. The minimum absolute atomic E-state index is 0.0265. The van der Waals surface area contributed by atoms with Gasteiger partial charge in [-0.15, -0.1) is 0 Å². The number of hydrogen-bond donors (Lipinski definition) is 1. The van der Waals surface area contributed by atoms with E-state index in [-0.39, 0.29) is 29.3 Å². The van der Waals surface area contributed by atoms with Gasteiger partial charge in [0.1, 0.15) is 18.4 Å².